The molecule has 0 aliphatic rings. The molecule has 0 aliphatic carbocycles. The van der Waals surface area contributed by atoms with Crippen LogP contribution in [0.3, 0.4) is 0 Å². The summed E-state index contributed by atoms with van der Waals surface area (Å²) in [6, 6.07) is 11.7. The molecule has 0 bridgehead atoms. The lowest BCUT2D eigenvalue weighted by Gasteiger charge is -2.06. The number of methoxy groups -OCH3 is 1. The van der Waals surface area contributed by atoms with Gasteiger partial charge in [-0.2, -0.15) is 0 Å². The third-order valence-electron chi connectivity index (χ3n) is 3.25. The highest BCUT2D eigenvalue weighted by molar-refractivity contribution is 6.06. The number of hydrogen-bond acceptors (Lipinski definition) is 4. The molecule has 110 valence electrons. The molecule has 0 saturated carbocycles. The van der Waals surface area contributed by atoms with E-state index in [2.05, 4.69) is 20.0 Å². The molecule has 0 spiro atoms. The van der Waals surface area contributed by atoms with E-state index in [9.17, 15) is 9.59 Å². The summed E-state index contributed by atoms with van der Waals surface area (Å²) in [5, 5.41) is 2.77. The van der Waals surface area contributed by atoms with Crippen LogP contribution in [-0.2, 0) is 4.74 Å². The molecule has 3 aromatic rings. The molecule has 0 fully saturated rings. The quantitative estimate of drug-likeness (QED) is 0.727. The summed E-state index contributed by atoms with van der Waals surface area (Å²) in [5.74, 6) is -0.648. The van der Waals surface area contributed by atoms with Crippen molar-refractivity contribution in [2.45, 2.75) is 0 Å². The second-order valence-electron chi connectivity index (χ2n) is 4.66. The van der Waals surface area contributed by atoms with Crippen LogP contribution >= 0.6 is 0 Å². The monoisotopic (exact) mass is 295 g/mol. The highest BCUT2D eigenvalue weighted by Crippen LogP contribution is 2.15. The summed E-state index contributed by atoms with van der Waals surface area (Å²) >= 11 is 0. The number of aromatic amines is 1. The van der Waals surface area contributed by atoms with Crippen LogP contribution < -0.4 is 5.32 Å². The van der Waals surface area contributed by atoms with Gasteiger partial charge in [0.05, 0.1) is 30.0 Å². The van der Waals surface area contributed by atoms with E-state index in [1.807, 2.05) is 0 Å². The van der Waals surface area contributed by atoms with Gasteiger partial charge in [-0.15, -0.1) is 0 Å². The standard InChI is InChI=1S/C16H13N3O3/c1-22-16(21)10-2-5-12(6-3-10)19-15(20)11-4-7-13-14(8-11)18-9-17-13/h2-9H,1H3,(H,17,18)(H,19,20). The molecule has 3 rings (SSSR count). The zero-order valence-corrected chi connectivity index (χ0v) is 11.8. The van der Waals surface area contributed by atoms with Crippen LogP contribution in [0.5, 0.6) is 0 Å². The lowest BCUT2D eigenvalue weighted by molar-refractivity contribution is 0.0600. The summed E-state index contributed by atoms with van der Waals surface area (Å²) in [7, 11) is 1.32. The Hall–Kier alpha value is -3.15. The highest BCUT2D eigenvalue weighted by atomic mass is 16.5. The predicted molar refractivity (Wildman–Crippen MR) is 81.8 cm³/mol. The number of carbonyl (C=O) groups excluding carboxylic acids is 2. The van der Waals surface area contributed by atoms with Crippen LogP contribution in [0, 0.1) is 0 Å². The molecule has 2 aromatic carbocycles. The van der Waals surface area contributed by atoms with E-state index in [4.69, 9.17) is 0 Å². The first kappa shape index (κ1) is 13.8. The summed E-state index contributed by atoms with van der Waals surface area (Å²) in [6.07, 6.45) is 1.58. The number of nitrogens with zero attached hydrogens (tertiary/aromatic N) is 1. The molecular formula is C16H13N3O3. The first-order chi connectivity index (χ1) is 10.7. The van der Waals surface area contributed by atoms with E-state index in [-0.39, 0.29) is 5.91 Å². The third kappa shape index (κ3) is 2.67. The van der Waals surface area contributed by atoms with Gasteiger partial charge in [0.25, 0.3) is 5.91 Å². The van der Waals surface area contributed by atoms with E-state index >= 15 is 0 Å². The maximum absolute atomic E-state index is 12.2. The van der Waals surface area contributed by atoms with Gasteiger partial charge in [0.1, 0.15) is 0 Å². The molecule has 0 saturated heterocycles. The number of H-pyrrole nitrogens is 1. The molecule has 6 nitrogen and oxygen atoms in total. The van der Waals surface area contributed by atoms with Crippen LogP contribution in [0.25, 0.3) is 11.0 Å². The van der Waals surface area contributed by atoms with Gasteiger partial charge in [0.2, 0.25) is 0 Å². The average molecular weight is 295 g/mol. The number of fused-ring (bicyclic) bond motifs is 1. The van der Waals surface area contributed by atoms with Gasteiger partial charge in [0.15, 0.2) is 0 Å². The Balaban J connectivity index is 1.77. The van der Waals surface area contributed by atoms with E-state index in [1.165, 1.54) is 7.11 Å². The number of ether oxygens (including phenoxy) is 1. The third-order valence-corrected chi connectivity index (χ3v) is 3.25. The molecule has 0 aliphatic heterocycles. The van der Waals surface area contributed by atoms with Crippen LogP contribution in [0.1, 0.15) is 20.7 Å². The number of aromatic nitrogens is 2. The Bertz CT molecular complexity index is 837. The second kappa shape index (κ2) is 5.69. The molecule has 1 aromatic heterocycles. The fraction of sp³-hybridized carbons (Fsp3) is 0.0625. The van der Waals surface area contributed by atoms with E-state index in [0.29, 0.717) is 16.8 Å². The number of benzene rings is 2. The first-order valence-electron chi connectivity index (χ1n) is 6.60. The van der Waals surface area contributed by atoms with Crippen molar-refractivity contribution in [1.82, 2.24) is 9.97 Å². The van der Waals surface area contributed by atoms with Gasteiger partial charge < -0.3 is 15.0 Å². The minimum absolute atomic E-state index is 0.234. The Kier molecular flexibility index (Phi) is 3.57. The Morgan fingerprint density at radius 1 is 1.09 bits per heavy atom. The Morgan fingerprint density at radius 2 is 1.82 bits per heavy atom. The highest BCUT2D eigenvalue weighted by Gasteiger charge is 2.09. The molecule has 1 amide bonds. The summed E-state index contributed by atoms with van der Waals surface area (Å²) in [5.41, 5.74) is 3.16. The minimum atomic E-state index is -0.414. The normalized spacial score (nSPS) is 10.4. The fourth-order valence-electron chi connectivity index (χ4n) is 2.09. The molecule has 0 radical (unpaired) electrons. The van der Waals surface area contributed by atoms with Gasteiger partial charge in [0, 0.05) is 11.3 Å². The van der Waals surface area contributed by atoms with Crippen molar-refractivity contribution in [2.75, 3.05) is 12.4 Å². The van der Waals surface area contributed by atoms with Crippen LogP contribution in [0.15, 0.2) is 48.8 Å². The van der Waals surface area contributed by atoms with E-state index in [0.717, 1.165) is 11.0 Å². The van der Waals surface area contributed by atoms with E-state index in [1.54, 1.807) is 48.8 Å². The van der Waals surface area contributed by atoms with Gasteiger partial charge in [-0.25, -0.2) is 9.78 Å². The number of hydrogen-bond donors (Lipinski definition) is 2. The summed E-state index contributed by atoms with van der Waals surface area (Å²) in [4.78, 5) is 30.6. The average Bonchev–Trinajstić information content (AvgIpc) is 3.02. The van der Waals surface area contributed by atoms with Gasteiger partial charge >= 0.3 is 5.97 Å². The maximum atomic E-state index is 12.2. The van der Waals surface area contributed by atoms with Crippen molar-refractivity contribution < 1.29 is 14.3 Å². The number of rotatable bonds is 3. The number of amides is 1. The lowest BCUT2D eigenvalue weighted by atomic mass is 10.1. The van der Waals surface area contributed by atoms with E-state index < -0.39 is 5.97 Å². The van der Waals surface area contributed by atoms with Crippen LogP contribution in [0.2, 0.25) is 0 Å². The minimum Gasteiger partial charge on any atom is -0.465 e. The van der Waals surface area contributed by atoms with Crippen molar-refractivity contribution in [3.05, 3.63) is 59.9 Å². The molecule has 22 heavy (non-hydrogen) atoms. The molecule has 0 unspecified atom stereocenters. The first-order valence-corrected chi connectivity index (χ1v) is 6.60. The number of esters is 1. The zero-order chi connectivity index (χ0) is 15.5. The van der Waals surface area contributed by atoms with Gasteiger partial charge in [-0.1, -0.05) is 0 Å². The molecule has 2 N–H and O–H groups in total. The second-order valence-corrected chi connectivity index (χ2v) is 4.66. The predicted octanol–water partition coefficient (Wildman–Crippen LogP) is 2.60. The Morgan fingerprint density at radius 3 is 2.55 bits per heavy atom. The molecule has 0 atom stereocenters. The molecule has 1 heterocycles. The maximum Gasteiger partial charge on any atom is 0.337 e. The summed E-state index contributed by atoms with van der Waals surface area (Å²) in [6.45, 7) is 0. The molecule has 6 heteroatoms. The van der Waals surface area contributed by atoms with Crippen LogP contribution in [-0.4, -0.2) is 29.0 Å². The van der Waals surface area contributed by atoms with Gasteiger partial charge in [-0.05, 0) is 42.5 Å². The fourth-order valence-corrected chi connectivity index (χ4v) is 2.09. The lowest BCUT2D eigenvalue weighted by Crippen LogP contribution is -2.12. The largest absolute Gasteiger partial charge is 0.465 e. The van der Waals surface area contributed by atoms with Crippen molar-refractivity contribution >= 4 is 28.6 Å². The number of anilines is 1. The SMILES string of the molecule is COC(=O)c1ccc(NC(=O)c2ccc3nc[nH]c3c2)cc1. The van der Waals surface area contributed by atoms with Crippen molar-refractivity contribution in [1.29, 1.82) is 0 Å². The molecular weight excluding hydrogens is 282 g/mol. The summed E-state index contributed by atoms with van der Waals surface area (Å²) < 4.78 is 4.62. The topological polar surface area (TPSA) is 84.1 Å². The number of imidazole rings is 1. The van der Waals surface area contributed by atoms with Gasteiger partial charge in [-0.3, -0.25) is 4.79 Å². The Labute approximate surface area is 126 Å². The number of carbonyl (C=O) groups is 2. The van der Waals surface area contributed by atoms with Crippen molar-refractivity contribution in [3.8, 4) is 0 Å². The smallest absolute Gasteiger partial charge is 0.337 e. The van der Waals surface area contributed by atoms with Crippen molar-refractivity contribution in [2.24, 2.45) is 0 Å². The zero-order valence-electron chi connectivity index (χ0n) is 11.8. The van der Waals surface area contributed by atoms with Crippen LogP contribution in [0.4, 0.5) is 5.69 Å². The number of nitrogens with one attached hydrogen (secondary N) is 2. The van der Waals surface area contributed by atoms with Crippen molar-refractivity contribution in [3.63, 3.8) is 0 Å².